The van der Waals surface area contributed by atoms with Crippen molar-refractivity contribution < 1.29 is 8.42 Å². The number of benzene rings is 2. The molecule has 2 aromatic carbocycles. The maximum absolute atomic E-state index is 11.6. The van der Waals surface area contributed by atoms with Gasteiger partial charge in [0.1, 0.15) is 0 Å². The largest absolute Gasteiger partial charge is 0.349 e. The SMILES string of the molecule is CCN(CC)c1nc2ccc3cnc(Nc4cccc(S(N)(=O)=O)c4)nc3c2s1. The summed E-state index contributed by atoms with van der Waals surface area (Å²) in [6, 6.07) is 10.2. The van der Waals surface area contributed by atoms with Gasteiger partial charge in [0.05, 0.1) is 20.6 Å². The smallest absolute Gasteiger partial charge is 0.238 e. The van der Waals surface area contributed by atoms with E-state index in [9.17, 15) is 8.42 Å². The van der Waals surface area contributed by atoms with Gasteiger partial charge in [-0.3, -0.25) is 0 Å². The van der Waals surface area contributed by atoms with E-state index in [-0.39, 0.29) is 4.90 Å². The van der Waals surface area contributed by atoms with E-state index in [2.05, 4.69) is 34.0 Å². The predicted molar refractivity (Wildman–Crippen MR) is 117 cm³/mol. The highest BCUT2D eigenvalue weighted by atomic mass is 32.2. The summed E-state index contributed by atoms with van der Waals surface area (Å²) in [4.78, 5) is 16.0. The molecule has 0 radical (unpaired) electrons. The summed E-state index contributed by atoms with van der Waals surface area (Å²) in [5, 5.41) is 10.1. The summed E-state index contributed by atoms with van der Waals surface area (Å²) in [6.07, 6.45) is 1.74. The Labute approximate surface area is 172 Å². The lowest BCUT2D eigenvalue weighted by Gasteiger charge is -2.16. The van der Waals surface area contributed by atoms with Crippen LogP contribution in [0, 0.1) is 0 Å². The summed E-state index contributed by atoms with van der Waals surface area (Å²) < 4.78 is 24.1. The van der Waals surface area contributed by atoms with Gasteiger partial charge in [-0.25, -0.2) is 28.5 Å². The van der Waals surface area contributed by atoms with Crippen LogP contribution in [-0.2, 0) is 10.0 Å². The van der Waals surface area contributed by atoms with E-state index in [1.807, 2.05) is 12.1 Å². The van der Waals surface area contributed by atoms with Crippen molar-refractivity contribution in [3.05, 3.63) is 42.6 Å². The van der Waals surface area contributed by atoms with Crippen LogP contribution < -0.4 is 15.4 Å². The molecule has 10 heteroatoms. The van der Waals surface area contributed by atoms with E-state index in [0.29, 0.717) is 11.6 Å². The Hall–Kier alpha value is -2.82. The minimum absolute atomic E-state index is 0.0250. The van der Waals surface area contributed by atoms with Crippen molar-refractivity contribution in [3.63, 3.8) is 0 Å². The highest BCUT2D eigenvalue weighted by Gasteiger charge is 2.14. The number of primary sulfonamides is 1. The third-order valence-corrected chi connectivity index (χ3v) is 6.60. The highest BCUT2D eigenvalue weighted by Crippen LogP contribution is 2.34. The van der Waals surface area contributed by atoms with E-state index in [4.69, 9.17) is 10.1 Å². The first-order chi connectivity index (χ1) is 13.9. The third-order valence-electron chi connectivity index (χ3n) is 4.55. The van der Waals surface area contributed by atoms with Crippen molar-refractivity contribution in [3.8, 4) is 0 Å². The maximum Gasteiger partial charge on any atom is 0.238 e. The highest BCUT2D eigenvalue weighted by molar-refractivity contribution is 7.89. The van der Waals surface area contributed by atoms with Crippen molar-refractivity contribution in [1.82, 2.24) is 15.0 Å². The molecule has 0 saturated heterocycles. The molecule has 0 aliphatic carbocycles. The lowest BCUT2D eigenvalue weighted by Crippen LogP contribution is -2.21. The molecular weight excluding hydrogens is 408 g/mol. The van der Waals surface area contributed by atoms with Crippen molar-refractivity contribution in [2.45, 2.75) is 18.7 Å². The number of hydrogen-bond donors (Lipinski definition) is 2. The summed E-state index contributed by atoms with van der Waals surface area (Å²) >= 11 is 1.61. The summed E-state index contributed by atoms with van der Waals surface area (Å²) in [5.74, 6) is 0.370. The van der Waals surface area contributed by atoms with Crippen LogP contribution in [0.3, 0.4) is 0 Å². The van der Waals surface area contributed by atoms with Gasteiger partial charge in [0.25, 0.3) is 0 Å². The van der Waals surface area contributed by atoms with Gasteiger partial charge >= 0.3 is 0 Å². The van der Waals surface area contributed by atoms with E-state index < -0.39 is 10.0 Å². The molecule has 4 rings (SSSR count). The molecule has 4 aromatic rings. The molecule has 0 fully saturated rings. The molecule has 0 saturated carbocycles. The first-order valence-corrected chi connectivity index (χ1v) is 11.5. The van der Waals surface area contributed by atoms with Gasteiger partial charge in [0, 0.05) is 30.4 Å². The normalized spacial score (nSPS) is 11.8. The maximum atomic E-state index is 11.6. The van der Waals surface area contributed by atoms with Gasteiger partial charge in [0.2, 0.25) is 16.0 Å². The number of sulfonamides is 1. The van der Waals surface area contributed by atoms with E-state index in [1.165, 1.54) is 12.1 Å². The number of nitrogens with one attached hydrogen (secondary N) is 1. The second-order valence-corrected chi connectivity index (χ2v) is 8.95. The van der Waals surface area contributed by atoms with Crippen LogP contribution in [0.1, 0.15) is 13.8 Å². The van der Waals surface area contributed by atoms with E-state index in [1.54, 1.807) is 29.7 Å². The molecule has 2 aromatic heterocycles. The van der Waals surface area contributed by atoms with E-state index >= 15 is 0 Å². The minimum Gasteiger partial charge on any atom is -0.349 e. The van der Waals surface area contributed by atoms with Crippen molar-refractivity contribution >= 4 is 59.2 Å². The lowest BCUT2D eigenvalue weighted by molar-refractivity contribution is 0.598. The van der Waals surface area contributed by atoms with Gasteiger partial charge in [-0.2, -0.15) is 0 Å². The second kappa shape index (κ2) is 7.54. The molecule has 0 aliphatic rings. The van der Waals surface area contributed by atoms with Gasteiger partial charge in [-0.1, -0.05) is 17.4 Å². The van der Waals surface area contributed by atoms with Gasteiger partial charge in [0.15, 0.2) is 5.13 Å². The topological polar surface area (TPSA) is 114 Å². The Morgan fingerprint density at radius 2 is 1.93 bits per heavy atom. The zero-order valence-electron chi connectivity index (χ0n) is 16.0. The Bertz CT molecular complexity index is 1300. The summed E-state index contributed by atoms with van der Waals surface area (Å²) in [5.41, 5.74) is 2.24. The minimum atomic E-state index is -3.78. The number of nitrogens with two attached hydrogens (primary N) is 1. The van der Waals surface area contributed by atoms with Crippen LogP contribution in [0.4, 0.5) is 16.8 Å². The van der Waals surface area contributed by atoms with Crippen LogP contribution in [-0.4, -0.2) is 36.5 Å². The molecule has 8 nitrogen and oxygen atoms in total. The number of hydrogen-bond acceptors (Lipinski definition) is 8. The summed E-state index contributed by atoms with van der Waals surface area (Å²) in [6.45, 7) is 5.98. The number of aromatic nitrogens is 3. The molecule has 0 atom stereocenters. The molecule has 0 spiro atoms. The average Bonchev–Trinajstić information content (AvgIpc) is 3.13. The van der Waals surface area contributed by atoms with Gasteiger partial charge in [-0.05, 0) is 44.2 Å². The number of nitrogens with zero attached hydrogens (tertiary/aromatic N) is 4. The monoisotopic (exact) mass is 428 g/mol. The predicted octanol–water partition coefficient (Wildman–Crippen LogP) is 3.48. The molecule has 29 heavy (non-hydrogen) atoms. The Morgan fingerprint density at radius 3 is 2.66 bits per heavy atom. The standard InChI is InChI=1S/C19H20N6O2S2/c1-3-25(4-2)19-23-15-9-8-12-11-21-18(24-16(12)17(15)28-19)22-13-6-5-7-14(10-13)29(20,26)27/h5-11H,3-4H2,1-2H3,(H2,20,26,27)(H,21,22,24). The number of thiazole rings is 1. The Morgan fingerprint density at radius 1 is 1.14 bits per heavy atom. The fraction of sp³-hybridized carbons (Fsp3) is 0.211. The van der Waals surface area contributed by atoms with Crippen LogP contribution in [0.5, 0.6) is 0 Å². The van der Waals surface area contributed by atoms with Crippen LogP contribution in [0.2, 0.25) is 0 Å². The second-order valence-electron chi connectivity index (χ2n) is 6.41. The third kappa shape index (κ3) is 3.86. The molecule has 0 aliphatic heterocycles. The molecular formula is C19H20N6O2S2. The van der Waals surface area contributed by atoms with Crippen LogP contribution in [0.15, 0.2) is 47.5 Å². The van der Waals surface area contributed by atoms with E-state index in [0.717, 1.165) is 39.3 Å². The quantitative estimate of drug-likeness (QED) is 0.483. The number of anilines is 3. The fourth-order valence-corrected chi connectivity index (χ4v) is 4.79. The molecule has 0 amide bonds. The zero-order chi connectivity index (χ0) is 20.6. The van der Waals surface area contributed by atoms with Crippen LogP contribution >= 0.6 is 11.3 Å². The van der Waals surface area contributed by atoms with Crippen molar-refractivity contribution in [2.75, 3.05) is 23.3 Å². The average molecular weight is 429 g/mol. The van der Waals surface area contributed by atoms with Crippen LogP contribution in [0.25, 0.3) is 21.1 Å². The van der Waals surface area contributed by atoms with Gasteiger partial charge < -0.3 is 10.2 Å². The summed E-state index contributed by atoms with van der Waals surface area (Å²) in [7, 11) is -3.78. The first-order valence-electron chi connectivity index (χ1n) is 9.10. The molecule has 0 bridgehead atoms. The molecule has 150 valence electrons. The molecule has 0 unspecified atom stereocenters. The molecule has 3 N–H and O–H groups in total. The first kappa shape index (κ1) is 19.5. The molecule has 2 heterocycles. The van der Waals surface area contributed by atoms with Crippen molar-refractivity contribution in [1.29, 1.82) is 0 Å². The zero-order valence-corrected chi connectivity index (χ0v) is 17.6. The lowest BCUT2D eigenvalue weighted by atomic mass is 10.2. The van der Waals surface area contributed by atoms with Crippen molar-refractivity contribution in [2.24, 2.45) is 5.14 Å². The van der Waals surface area contributed by atoms with Gasteiger partial charge in [-0.15, -0.1) is 0 Å². The number of rotatable bonds is 6. The Balaban J connectivity index is 1.76. The Kier molecular flexibility index (Phi) is 5.07. The number of fused-ring (bicyclic) bond motifs is 3. The fourth-order valence-electron chi connectivity index (χ4n) is 3.04.